The lowest BCUT2D eigenvalue weighted by Gasteiger charge is -2.15. The summed E-state index contributed by atoms with van der Waals surface area (Å²) in [4.78, 5) is 12.1. The van der Waals surface area contributed by atoms with E-state index in [0.29, 0.717) is 5.56 Å². The minimum atomic E-state index is -4.60. The highest BCUT2D eigenvalue weighted by Crippen LogP contribution is 2.37. The Kier molecular flexibility index (Phi) is 5.30. The van der Waals surface area contributed by atoms with E-state index in [2.05, 4.69) is 10.2 Å². The maximum atomic E-state index is 12.8. The minimum Gasteiger partial charge on any atom is -0.465 e. The van der Waals surface area contributed by atoms with Crippen molar-refractivity contribution < 1.29 is 22.7 Å². The van der Waals surface area contributed by atoms with E-state index >= 15 is 0 Å². The number of alkyl halides is 3. The van der Waals surface area contributed by atoms with Crippen LogP contribution in [-0.2, 0) is 22.8 Å². The minimum absolute atomic E-state index is 0.0146. The molecule has 2 rings (SSSR count). The van der Waals surface area contributed by atoms with E-state index in [4.69, 9.17) is 4.74 Å². The van der Waals surface area contributed by atoms with E-state index < -0.39 is 23.2 Å². The van der Waals surface area contributed by atoms with E-state index in [1.165, 1.54) is 7.05 Å². The Morgan fingerprint density at radius 1 is 1.30 bits per heavy atom. The number of hydrogen-bond donors (Lipinski definition) is 0. The summed E-state index contributed by atoms with van der Waals surface area (Å²) in [6.07, 6.45) is -4.60. The van der Waals surface area contributed by atoms with Gasteiger partial charge in [-0.1, -0.05) is 42.1 Å². The van der Waals surface area contributed by atoms with Crippen molar-refractivity contribution in [3.63, 3.8) is 0 Å². The molecule has 0 saturated carbocycles. The first-order valence-electron chi connectivity index (χ1n) is 6.69. The van der Waals surface area contributed by atoms with Gasteiger partial charge in [-0.3, -0.25) is 4.79 Å². The van der Waals surface area contributed by atoms with Gasteiger partial charge in [-0.15, -0.1) is 10.2 Å². The molecule has 124 valence electrons. The number of aromatic nitrogens is 3. The Balaban J connectivity index is 2.32. The molecule has 0 aliphatic rings. The first-order chi connectivity index (χ1) is 10.8. The van der Waals surface area contributed by atoms with Gasteiger partial charge in [-0.2, -0.15) is 13.2 Å². The fourth-order valence-electron chi connectivity index (χ4n) is 1.87. The summed E-state index contributed by atoms with van der Waals surface area (Å²) in [6, 6.07) is 8.66. The normalized spacial score (nSPS) is 12.9. The number of carbonyl (C=O) groups is 1. The second-order valence-corrected chi connectivity index (χ2v) is 5.60. The summed E-state index contributed by atoms with van der Waals surface area (Å²) in [5, 5.41) is 5.86. The van der Waals surface area contributed by atoms with Crippen LogP contribution in [0.25, 0.3) is 0 Å². The number of thioether (sulfide) groups is 1. The average molecular weight is 345 g/mol. The van der Waals surface area contributed by atoms with E-state index in [0.717, 1.165) is 16.3 Å². The van der Waals surface area contributed by atoms with E-state index in [1.807, 2.05) is 0 Å². The van der Waals surface area contributed by atoms with Gasteiger partial charge in [0.05, 0.1) is 6.61 Å². The number of ether oxygens (including phenoxy) is 1. The van der Waals surface area contributed by atoms with Crippen LogP contribution in [0, 0.1) is 0 Å². The molecule has 0 fully saturated rings. The molecule has 23 heavy (non-hydrogen) atoms. The van der Waals surface area contributed by atoms with Gasteiger partial charge in [0.25, 0.3) is 0 Å². The number of benzene rings is 1. The number of nitrogens with zero attached hydrogens (tertiary/aromatic N) is 3. The van der Waals surface area contributed by atoms with E-state index in [-0.39, 0.29) is 11.8 Å². The maximum Gasteiger partial charge on any atom is 0.451 e. The van der Waals surface area contributed by atoms with Gasteiger partial charge >= 0.3 is 12.1 Å². The second kappa shape index (κ2) is 7.03. The summed E-state index contributed by atoms with van der Waals surface area (Å²) in [5.74, 6) is -1.66. The molecule has 0 aliphatic heterocycles. The molecule has 1 aromatic heterocycles. The fourth-order valence-corrected chi connectivity index (χ4v) is 2.87. The zero-order valence-electron chi connectivity index (χ0n) is 12.4. The third kappa shape index (κ3) is 4.04. The Morgan fingerprint density at radius 3 is 2.48 bits per heavy atom. The molecule has 1 heterocycles. The van der Waals surface area contributed by atoms with Crippen molar-refractivity contribution in [2.24, 2.45) is 7.05 Å². The Morgan fingerprint density at radius 2 is 1.96 bits per heavy atom. The average Bonchev–Trinajstić information content (AvgIpc) is 2.87. The van der Waals surface area contributed by atoms with Gasteiger partial charge in [0.1, 0.15) is 5.25 Å². The second-order valence-electron chi connectivity index (χ2n) is 4.52. The monoisotopic (exact) mass is 345 g/mol. The molecule has 2 aromatic rings. The van der Waals surface area contributed by atoms with Gasteiger partial charge in [0, 0.05) is 7.05 Å². The molecule has 0 bridgehead atoms. The fraction of sp³-hybridized carbons (Fsp3) is 0.357. The van der Waals surface area contributed by atoms with E-state index in [9.17, 15) is 18.0 Å². The lowest BCUT2D eigenvalue weighted by atomic mass is 10.1. The summed E-state index contributed by atoms with van der Waals surface area (Å²) in [5.41, 5.74) is 0.618. The van der Waals surface area contributed by atoms with Crippen LogP contribution in [0.3, 0.4) is 0 Å². The van der Waals surface area contributed by atoms with Crippen LogP contribution >= 0.6 is 11.8 Å². The molecule has 0 N–H and O–H groups in total. The smallest absolute Gasteiger partial charge is 0.451 e. The predicted molar refractivity (Wildman–Crippen MR) is 77.7 cm³/mol. The van der Waals surface area contributed by atoms with Crippen molar-refractivity contribution >= 4 is 17.7 Å². The molecule has 5 nitrogen and oxygen atoms in total. The number of hydrogen-bond acceptors (Lipinski definition) is 5. The predicted octanol–water partition coefficient (Wildman–Crippen LogP) is 3.23. The lowest BCUT2D eigenvalue weighted by molar-refractivity contribution is -0.147. The highest BCUT2D eigenvalue weighted by Gasteiger charge is 2.38. The molecule has 0 aliphatic carbocycles. The molecule has 0 spiro atoms. The summed E-state index contributed by atoms with van der Waals surface area (Å²) < 4.78 is 44.2. The van der Waals surface area contributed by atoms with E-state index in [1.54, 1.807) is 37.3 Å². The lowest BCUT2D eigenvalue weighted by Crippen LogP contribution is -2.15. The van der Waals surface area contributed by atoms with Crippen LogP contribution in [0.1, 0.15) is 23.6 Å². The largest absolute Gasteiger partial charge is 0.465 e. The third-order valence-electron chi connectivity index (χ3n) is 2.91. The van der Waals surface area contributed by atoms with Crippen LogP contribution in [0.5, 0.6) is 0 Å². The van der Waals surface area contributed by atoms with Gasteiger partial charge in [-0.25, -0.2) is 0 Å². The summed E-state index contributed by atoms with van der Waals surface area (Å²) >= 11 is 0.868. The van der Waals surface area contributed by atoms with Crippen LogP contribution in [-0.4, -0.2) is 27.3 Å². The van der Waals surface area contributed by atoms with Crippen molar-refractivity contribution in [1.29, 1.82) is 0 Å². The Bertz CT molecular complexity index is 674. The van der Waals surface area contributed by atoms with Crippen molar-refractivity contribution in [2.75, 3.05) is 6.61 Å². The van der Waals surface area contributed by atoms with Crippen molar-refractivity contribution in [3.8, 4) is 0 Å². The quantitative estimate of drug-likeness (QED) is 0.615. The molecule has 1 unspecified atom stereocenters. The molecule has 0 saturated heterocycles. The first-order valence-corrected chi connectivity index (χ1v) is 7.57. The molecule has 0 amide bonds. The molecular weight excluding hydrogens is 331 g/mol. The van der Waals surface area contributed by atoms with Crippen LogP contribution < -0.4 is 0 Å². The van der Waals surface area contributed by atoms with Gasteiger partial charge in [0.2, 0.25) is 5.82 Å². The third-order valence-corrected chi connectivity index (χ3v) is 4.18. The SMILES string of the molecule is CCOC(=O)C(Sc1nnc(C(F)(F)F)n1C)c1ccccc1. The zero-order chi connectivity index (χ0) is 17.0. The van der Waals surface area contributed by atoms with Gasteiger partial charge in [0.15, 0.2) is 5.16 Å². The van der Waals surface area contributed by atoms with Gasteiger partial charge in [-0.05, 0) is 12.5 Å². The number of halogens is 3. The number of rotatable bonds is 5. The molecular formula is C14H14F3N3O2S. The number of esters is 1. The molecule has 1 aromatic carbocycles. The standard InChI is InChI=1S/C14H14F3N3O2S/c1-3-22-11(21)10(9-7-5-4-6-8-9)23-13-19-18-12(20(13)2)14(15,16)17/h4-8,10H,3H2,1-2H3. The Hall–Kier alpha value is -2.03. The van der Waals surface area contributed by atoms with Crippen LogP contribution in [0.15, 0.2) is 35.5 Å². The molecule has 9 heteroatoms. The zero-order valence-corrected chi connectivity index (χ0v) is 13.2. The topological polar surface area (TPSA) is 57.0 Å². The van der Waals surface area contributed by atoms with Crippen molar-refractivity contribution in [2.45, 2.75) is 23.5 Å². The van der Waals surface area contributed by atoms with Gasteiger partial charge < -0.3 is 9.30 Å². The van der Waals surface area contributed by atoms with Crippen LogP contribution in [0.2, 0.25) is 0 Å². The summed E-state index contributed by atoms with van der Waals surface area (Å²) in [6.45, 7) is 1.84. The first kappa shape index (κ1) is 17.3. The highest BCUT2D eigenvalue weighted by atomic mass is 32.2. The van der Waals surface area contributed by atoms with Crippen LogP contribution in [0.4, 0.5) is 13.2 Å². The molecule has 1 atom stereocenters. The molecule has 0 radical (unpaired) electrons. The highest BCUT2D eigenvalue weighted by molar-refractivity contribution is 8.00. The van der Waals surface area contributed by atoms with Crippen molar-refractivity contribution in [1.82, 2.24) is 14.8 Å². The Labute approximate surface area is 134 Å². The summed E-state index contributed by atoms with van der Waals surface area (Å²) in [7, 11) is 1.21. The number of carbonyl (C=O) groups excluding carboxylic acids is 1. The maximum absolute atomic E-state index is 12.8. The van der Waals surface area contributed by atoms with Crippen molar-refractivity contribution in [3.05, 3.63) is 41.7 Å².